The van der Waals surface area contributed by atoms with Crippen LogP contribution in [0.4, 0.5) is 0 Å². The molecule has 2 aromatic rings. The Kier molecular flexibility index (Phi) is 4.14. The lowest BCUT2D eigenvalue weighted by molar-refractivity contribution is -0.141. The molecule has 1 aliphatic carbocycles. The molecule has 1 aromatic heterocycles. The summed E-state index contributed by atoms with van der Waals surface area (Å²) in [5.74, 6) is -1.28. The van der Waals surface area contributed by atoms with Gasteiger partial charge in [-0.25, -0.2) is 4.68 Å². The topological polar surface area (TPSA) is 84.2 Å². The first-order chi connectivity index (χ1) is 11.0. The molecule has 1 aliphatic rings. The van der Waals surface area contributed by atoms with Gasteiger partial charge in [0.25, 0.3) is 5.91 Å². The Morgan fingerprint density at radius 2 is 1.96 bits per heavy atom. The number of hydrogen-bond acceptors (Lipinski definition) is 3. The summed E-state index contributed by atoms with van der Waals surface area (Å²) in [6.45, 7) is 1.92. The Morgan fingerprint density at radius 3 is 2.52 bits per heavy atom. The molecule has 23 heavy (non-hydrogen) atoms. The van der Waals surface area contributed by atoms with Crippen LogP contribution in [0.25, 0.3) is 5.69 Å². The van der Waals surface area contributed by atoms with Crippen LogP contribution in [-0.2, 0) is 4.79 Å². The van der Waals surface area contributed by atoms with Crippen molar-refractivity contribution < 1.29 is 14.7 Å². The van der Waals surface area contributed by atoms with Gasteiger partial charge < -0.3 is 10.4 Å². The molecule has 3 rings (SSSR count). The molecule has 6 heteroatoms. The van der Waals surface area contributed by atoms with Crippen LogP contribution in [0.15, 0.2) is 36.5 Å². The van der Waals surface area contributed by atoms with E-state index in [9.17, 15) is 9.59 Å². The monoisotopic (exact) mass is 313 g/mol. The van der Waals surface area contributed by atoms with E-state index in [-0.39, 0.29) is 17.9 Å². The molecule has 0 aliphatic heterocycles. The minimum atomic E-state index is -0.777. The van der Waals surface area contributed by atoms with Crippen molar-refractivity contribution >= 4 is 11.9 Å². The third kappa shape index (κ3) is 3.41. The first-order valence-corrected chi connectivity index (χ1v) is 7.69. The highest BCUT2D eigenvalue weighted by Gasteiger charge is 2.30. The number of aryl methyl sites for hydroxylation is 1. The van der Waals surface area contributed by atoms with E-state index in [1.54, 1.807) is 16.8 Å². The predicted octanol–water partition coefficient (Wildman–Crippen LogP) is 2.16. The van der Waals surface area contributed by atoms with Crippen LogP contribution in [0.2, 0.25) is 0 Å². The molecule has 0 saturated heterocycles. The Morgan fingerprint density at radius 1 is 1.22 bits per heavy atom. The maximum atomic E-state index is 12.2. The highest BCUT2D eigenvalue weighted by atomic mass is 16.4. The van der Waals surface area contributed by atoms with Crippen LogP contribution in [-0.4, -0.2) is 32.8 Å². The van der Waals surface area contributed by atoms with Crippen molar-refractivity contribution in [2.45, 2.75) is 32.2 Å². The number of carbonyl (C=O) groups is 2. The maximum Gasteiger partial charge on any atom is 0.306 e. The number of hydrogen-bond donors (Lipinski definition) is 2. The highest BCUT2D eigenvalue weighted by Crippen LogP contribution is 2.25. The summed E-state index contributed by atoms with van der Waals surface area (Å²) < 4.78 is 1.76. The van der Waals surface area contributed by atoms with Crippen molar-refractivity contribution in [1.82, 2.24) is 15.1 Å². The van der Waals surface area contributed by atoms with Gasteiger partial charge in [-0.3, -0.25) is 9.59 Å². The number of nitrogens with one attached hydrogen (secondary N) is 1. The average molecular weight is 313 g/mol. The summed E-state index contributed by atoms with van der Waals surface area (Å²) >= 11 is 0. The van der Waals surface area contributed by atoms with E-state index >= 15 is 0 Å². The van der Waals surface area contributed by atoms with Gasteiger partial charge in [-0.2, -0.15) is 5.10 Å². The molecule has 0 radical (unpaired) electrons. The fourth-order valence-electron chi connectivity index (χ4n) is 2.93. The molecule has 2 atom stereocenters. The van der Waals surface area contributed by atoms with E-state index < -0.39 is 5.97 Å². The summed E-state index contributed by atoms with van der Waals surface area (Å²) in [6.07, 6.45) is 3.71. The number of rotatable bonds is 4. The Bertz CT molecular complexity index is 721. The maximum absolute atomic E-state index is 12.2. The van der Waals surface area contributed by atoms with E-state index in [1.807, 2.05) is 31.3 Å². The second kappa shape index (κ2) is 6.24. The Balaban J connectivity index is 1.63. The SMILES string of the molecule is Cc1ccn(-c2ccc(C(=O)N[C@H]3CC[C@@H](C(=O)O)C3)cc2)n1. The Labute approximate surface area is 134 Å². The zero-order chi connectivity index (χ0) is 16.4. The second-order valence-corrected chi connectivity index (χ2v) is 5.97. The van der Waals surface area contributed by atoms with Gasteiger partial charge in [-0.1, -0.05) is 0 Å². The third-order valence-corrected chi connectivity index (χ3v) is 4.23. The van der Waals surface area contributed by atoms with Gasteiger partial charge in [-0.15, -0.1) is 0 Å². The standard InChI is InChI=1S/C17H19N3O3/c1-11-8-9-20(19-11)15-6-3-12(4-7-15)16(21)18-14-5-2-13(10-14)17(22)23/h3-4,6-9,13-14H,2,5,10H2,1H3,(H,18,21)(H,22,23)/t13-,14+/m1/s1. The molecule has 120 valence electrons. The van der Waals surface area contributed by atoms with E-state index in [2.05, 4.69) is 10.4 Å². The van der Waals surface area contributed by atoms with Gasteiger partial charge in [-0.05, 0) is 56.5 Å². The van der Waals surface area contributed by atoms with Gasteiger partial charge in [0.1, 0.15) is 0 Å². The largest absolute Gasteiger partial charge is 0.481 e. The molecule has 1 saturated carbocycles. The van der Waals surface area contributed by atoms with Crippen molar-refractivity contribution in [3.63, 3.8) is 0 Å². The van der Waals surface area contributed by atoms with Gasteiger partial charge in [0.2, 0.25) is 0 Å². The van der Waals surface area contributed by atoms with E-state index in [0.717, 1.165) is 11.4 Å². The lowest BCUT2D eigenvalue weighted by atomic mass is 10.1. The van der Waals surface area contributed by atoms with Crippen LogP contribution in [0.5, 0.6) is 0 Å². The number of nitrogens with zero attached hydrogens (tertiary/aromatic N) is 2. The van der Waals surface area contributed by atoms with Crippen LogP contribution in [0, 0.1) is 12.8 Å². The molecule has 0 bridgehead atoms. The Hall–Kier alpha value is -2.63. The zero-order valence-corrected chi connectivity index (χ0v) is 12.9. The molecule has 2 N–H and O–H groups in total. The minimum absolute atomic E-state index is 0.0583. The molecular weight excluding hydrogens is 294 g/mol. The van der Waals surface area contributed by atoms with Gasteiger partial charge in [0.05, 0.1) is 17.3 Å². The van der Waals surface area contributed by atoms with Gasteiger partial charge >= 0.3 is 5.97 Å². The number of carboxylic acids is 1. The molecule has 0 unspecified atom stereocenters. The van der Waals surface area contributed by atoms with E-state index in [4.69, 9.17) is 5.11 Å². The quantitative estimate of drug-likeness (QED) is 0.906. The molecule has 1 aromatic carbocycles. The highest BCUT2D eigenvalue weighted by molar-refractivity contribution is 5.94. The normalized spacial score (nSPS) is 20.4. The minimum Gasteiger partial charge on any atom is -0.481 e. The summed E-state index contributed by atoms with van der Waals surface area (Å²) in [5.41, 5.74) is 2.39. The van der Waals surface area contributed by atoms with Crippen LogP contribution < -0.4 is 5.32 Å². The fraction of sp³-hybridized carbons (Fsp3) is 0.353. The number of aromatic nitrogens is 2. The number of carboxylic acid groups (broad SMARTS) is 1. The fourth-order valence-corrected chi connectivity index (χ4v) is 2.93. The number of aliphatic carboxylic acids is 1. The molecule has 1 heterocycles. The summed E-state index contributed by atoms with van der Waals surface area (Å²) in [7, 11) is 0. The van der Waals surface area contributed by atoms with E-state index in [0.29, 0.717) is 24.8 Å². The average Bonchev–Trinajstić information content (AvgIpc) is 3.16. The first-order valence-electron chi connectivity index (χ1n) is 7.69. The number of carbonyl (C=O) groups excluding carboxylic acids is 1. The van der Waals surface area contributed by atoms with Gasteiger partial charge in [0.15, 0.2) is 0 Å². The van der Waals surface area contributed by atoms with Crippen molar-refractivity contribution in [3.8, 4) is 5.69 Å². The third-order valence-electron chi connectivity index (χ3n) is 4.23. The number of amides is 1. The predicted molar refractivity (Wildman–Crippen MR) is 84.5 cm³/mol. The summed E-state index contributed by atoms with van der Waals surface area (Å²) in [6, 6.07) is 9.06. The van der Waals surface area contributed by atoms with Crippen molar-refractivity contribution in [3.05, 3.63) is 47.8 Å². The lowest BCUT2D eigenvalue weighted by Crippen LogP contribution is -2.33. The van der Waals surface area contributed by atoms with Crippen LogP contribution >= 0.6 is 0 Å². The summed E-state index contributed by atoms with van der Waals surface area (Å²) in [5, 5.41) is 16.2. The van der Waals surface area contributed by atoms with Gasteiger partial charge in [0, 0.05) is 17.8 Å². The summed E-state index contributed by atoms with van der Waals surface area (Å²) in [4.78, 5) is 23.2. The molecular formula is C17H19N3O3. The second-order valence-electron chi connectivity index (χ2n) is 5.97. The van der Waals surface area contributed by atoms with Crippen LogP contribution in [0.3, 0.4) is 0 Å². The first kappa shape index (κ1) is 15.3. The zero-order valence-electron chi connectivity index (χ0n) is 12.9. The van der Waals surface area contributed by atoms with E-state index in [1.165, 1.54) is 0 Å². The molecule has 6 nitrogen and oxygen atoms in total. The molecule has 1 amide bonds. The van der Waals surface area contributed by atoms with Crippen molar-refractivity contribution in [2.24, 2.45) is 5.92 Å². The lowest BCUT2D eigenvalue weighted by Gasteiger charge is -2.12. The van der Waals surface area contributed by atoms with Crippen LogP contribution in [0.1, 0.15) is 35.3 Å². The number of benzene rings is 1. The van der Waals surface area contributed by atoms with Crippen molar-refractivity contribution in [1.29, 1.82) is 0 Å². The smallest absolute Gasteiger partial charge is 0.306 e. The van der Waals surface area contributed by atoms with Crippen molar-refractivity contribution in [2.75, 3.05) is 0 Å². The molecule has 0 spiro atoms. The molecule has 1 fully saturated rings.